The van der Waals surface area contributed by atoms with Crippen molar-refractivity contribution in [3.63, 3.8) is 0 Å². The molecule has 0 saturated carbocycles. The number of carboxylic acid groups (broad SMARTS) is 1. The van der Waals surface area contributed by atoms with Crippen LogP contribution in [0.3, 0.4) is 0 Å². The van der Waals surface area contributed by atoms with Gasteiger partial charge >= 0.3 is 54.9 Å². The van der Waals surface area contributed by atoms with Crippen LogP contribution in [-0.2, 0) is 4.79 Å². The summed E-state index contributed by atoms with van der Waals surface area (Å²) in [5, 5.41) is 9.61. The Kier molecular flexibility index (Phi) is 26.5. The zero-order chi connectivity index (χ0) is 21.2. The molecule has 4 unspecified atom stereocenters. The van der Waals surface area contributed by atoms with E-state index in [0.29, 0.717) is 10.7 Å². The minimum Gasteiger partial charge on any atom is -1.00 e. The van der Waals surface area contributed by atoms with Gasteiger partial charge in [-0.3, -0.25) is 4.79 Å². The molecule has 0 amide bonds. The van der Waals surface area contributed by atoms with Crippen LogP contribution in [0.25, 0.3) is 0 Å². The van der Waals surface area contributed by atoms with E-state index in [1.165, 1.54) is 77.0 Å². The predicted octanol–water partition coefficient (Wildman–Crippen LogP) is 8.98. The van der Waals surface area contributed by atoms with Gasteiger partial charge in [0.2, 0.25) is 0 Å². The number of alkyl halides is 2. The summed E-state index contributed by atoms with van der Waals surface area (Å²) in [7, 11) is 0. The Bertz CT molecular complexity index is 379. The first-order valence-corrected chi connectivity index (χ1v) is 13.8. The van der Waals surface area contributed by atoms with E-state index in [2.05, 4.69) is 52.6 Å². The largest absolute Gasteiger partial charge is 2.00 e. The second kappa shape index (κ2) is 23.2. The van der Waals surface area contributed by atoms with Crippen molar-refractivity contribution in [2.45, 2.75) is 133 Å². The Balaban J connectivity index is -0.00000121. The van der Waals surface area contributed by atoms with E-state index in [9.17, 15) is 9.90 Å². The number of rotatable bonds is 20. The van der Waals surface area contributed by atoms with Gasteiger partial charge < -0.3 is 7.96 Å². The van der Waals surface area contributed by atoms with Crippen LogP contribution in [0.4, 0.5) is 0 Å². The molecular weight excluding hydrogens is 617 g/mol. The molecule has 4 atom stereocenters. The predicted molar refractivity (Wildman–Crippen MR) is 139 cm³/mol. The molecular formula is C24H48BaBr2O2. The van der Waals surface area contributed by atoms with Gasteiger partial charge in [-0.15, -0.1) is 0 Å². The Morgan fingerprint density at radius 3 is 1.55 bits per heavy atom. The molecule has 29 heavy (non-hydrogen) atoms. The molecule has 0 heterocycles. The average Bonchev–Trinajstić information content (AvgIpc) is 2.69. The third kappa shape index (κ3) is 18.1. The van der Waals surface area contributed by atoms with E-state index in [0.717, 1.165) is 25.7 Å². The first kappa shape index (κ1) is 33.2. The number of carbonyl (C=O) groups is 1. The third-order valence-electron chi connectivity index (χ3n) is 6.03. The molecule has 0 aromatic heterocycles. The quantitative estimate of drug-likeness (QED) is 0.0801. The van der Waals surface area contributed by atoms with Crippen LogP contribution in [0.2, 0.25) is 0 Å². The Labute approximate surface area is 241 Å². The molecule has 172 valence electrons. The van der Waals surface area contributed by atoms with Crippen LogP contribution >= 0.6 is 31.9 Å². The molecule has 0 bridgehead atoms. The van der Waals surface area contributed by atoms with Crippen molar-refractivity contribution in [2.75, 3.05) is 0 Å². The van der Waals surface area contributed by atoms with Crippen molar-refractivity contribution in [2.24, 2.45) is 11.8 Å². The number of hydrogen-bond acceptors (Lipinski definition) is 1. The van der Waals surface area contributed by atoms with Crippen molar-refractivity contribution in [1.29, 1.82) is 0 Å². The van der Waals surface area contributed by atoms with Crippen molar-refractivity contribution in [3.05, 3.63) is 0 Å². The van der Waals surface area contributed by atoms with Crippen molar-refractivity contribution in [3.8, 4) is 0 Å². The van der Waals surface area contributed by atoms with Crippen LogP contribution in [-0.4, -0.2) is 69.6 Å². The van der Waals surface area contributed by atoms with Crippen molar-refractivity contribution in [1.82, 2.24) is 0 Å². The van der Waals surface area contributed by atoms with Crippen LogP contribution in [0.15, 0.2) is 0 Å². The molecule has 0 saturated heterocycles. The summed E-state index contributed by atoms with van der Waals surface area (Å²) in [6, 6.07) is 0. The fourth-order valence-electron chi connectivity index (χ4n) is 4.04. The molecule has 0 aromatic rings. The summed E-state index contributed by atoms with van der Waals surface area (Å²) < 4.78 is 0. The molecule has 0 aliphatic rings. The third-order valence-corrected chi connectivity index (χ3v) is 8.71. The van der Waals surface area contributed by atoms with Gasteiger partial charge in [0.05, 0.1) is 5.92 Å². The van der Waals surface area contributed by atoms with Crippen LogP contribution in [0, 0.1) is 11.8 Å². The Morgan fingerprint density at radius 2 is 1.17 bits per heavy atom. The van der Waals surface area contributed by atoms with E-state index in [1.807, 2.05) is 0 Å². The molecule has 0 spiro atoms. The van der Waals surface area contributed by atoms with Crippen molar-refractivity contribution >= 4 is 86.7 Å². The molecule has 0 fully saturated rings. The van der Waals surface area contributed by atoms with Gasteiger partial charge in [0.15, 0.2) is 0 Å². The Hall–Kier alpha value is 2.00. The molecule has 0 aromatic carbocycles. The summed E-state index contributed by atoms with van der Waals surface area (Å²) in [5.74, 6) is -0.473. The summed E-state index contributed by atoms with van der Waals surface area (Å²) in [6.07, 6.45) is 20.3. The van der Waals surface area contributed by atoms with E-state index in [4.69, 9.17) is 0 Å². The smallest absolute Gasteiger partial charge is 1.00 e. The molecule has 0 radical (unpaired) electrons. The van der Waals surface area contributed by atoms with Gasteiger partial charge in [-0.2, -0.15) is 0 Å². The number of unbranched alkanes of at least 4 members (excludes halogenated alkanes) is 11. The minimum absolute atomic E-state index is 0. The normalized spacial score (nSPS) is 15.3. The van der Waals surface area contributed by atoms with Crippen LogP contribution in [0.1, 0.15) is 126 Å². The summed E-state index contributed by atoms with van der Waals surface area (Å²) in [5.41, 5.74) is 0. The molecule has 0 aliphatic carbocycles. The van der Waals surface area contributed by atoms with Gasteiger partial charge in [-0.05, 0) is 31.6 Å². The maximum absolute atomic E-state index is 11.7. The minimum atomic E-state index is -0.653. The van der Waals surface area contributed by atoms with Gasteiger partial charge in [0.25, 0.3) is 0 Å². The van der Waals surface area contributed by atoms with Crippen LogP contribution in [0.5, 0.6) is 0 Å². The Morgan fingerprint density at radius 1 is 0.759 bits per heavy atom. The van der Waals surface area contributed by atoms with Gasteiger partial charge in [-0.25, -0.2) is 0 Å². The van der Waals surface area contributed by atoms with Gasteiger partial charge in [0, 0.05) is 9.65 Å². The van der Waals surface area contributed by atoms with E-state index < -0.39 is 5.97 Å². The monoisotopic (exact) mass is 664 g/mol. The summed E-state index contributed by atoms with van der Waals surface area (Å²) in [4.78, 5) is 12.2. The molecule has 0 aliphatic heterocycles. The summed E-state index contributed by atoms with van der Waals surface area (Å²) >= 11 is 7.40. The fourth-order valence-corrected chi connectivity index (χ4v) is 4.96. The second-order valence-electron chi connectivity index (χ2n) is 8.47. The zero-order valence-electron chi connectivity index (χ0n) is 21.4. The fraction of sp³-hybridized carbons (Fsp3) is 0.958. The standard InChI is InChI=1S/C24H46Br2O2.Ba.2H/c1-4-7-8-9-10-11-12-13-14-15-16-17-18-20(22(25)5-2)19-21(24(27)28)23(26)6-3;;;/h20-23H,4-19H2,1-3H3,(H,27,28);;;/q;+2;2*-1. The molecule has 2 nitrogen and oxygen atoms in total. The summed E-state index contributed by atoms with van der Waals surface area (Å²) in [6.45, 7) is 6.52. The second-order valence-corrected chi connectivity index (χ2v) is 10.8. The average molecular weight is 666 g/mol. The number of aliphatic carboxylic acids is 1. The van der Waals surface area contributed by atoms with Gasteiger partial charge in [0.1, 0.15) is 0 Å². The number of hydrogen-bond donors (Lipinski definition) is 1. The SMILES string of the molecule is CCCCCCCCCCCCCCC(CC(C(=O)O)C(Br)CC)C(Br)CC.[Ba+2].[H-].[H-]. The maximum atomic E-state index is 11.7. The first-order valence-electron chi connectivity index (χ1n) is 12.0. The zero-order valence-corrected chi connectivity index (χ0v) is 27.1. The van der Waals surface area contributed by atoms with E-state index in [1.54, 1.807) is 0 Å². The maximum Gasteiger partial charge on any atom is 2.00 e. The van der Waals surface area contributed by atoms with E-state index in [-0.39, 0.29) is 62.5 Å². The number of halogens is 2. The van der Waals surface area contributed by atoms with E-state index >= 15 is 0 Å². The van der Waals surface area contributed by atoms with Gasteiger partial charge in [-0.1, -0.05) is 130 Å². The first-order chi connectivity index (χ1) is 13.5. The molecule has 1 N–H and O–H groups in total. The topological polar surface area (TPSA) is 37.3 Å². The number of carboxylic acids is 1. The molecule has 0 rings (SSSR count). The van der Waals surface area contributed by atoms with Crippen LogP contribution < -0.4 is 0 Å². The molecule has 5 heteroatoms. The van der Waals surface area contributed by atoms with Crippen molar-refractivity contribution < 1.29 is 12.8 Å².